The Morgan fingerprint density at radius 1 is 1.09 bits per heavy atom. The van der Waals surface area contributed by atoms with Crippen LogP contribution in [0.3, 0.4) is 0 Å². The number of hydrogen-bond donors (Lipinski definition) is 0. The molecule has 0 fully saturated rings. The van der Waals surface area contributed by atoms with Crippen LogP contribution in [0, 0.1) is 5.92 Å². The molecule has 0 aliphatic carbocycles. The Morgan fingerprint density at radius 2 is 1.78 bits per heavy atom. The molecule has 2 aromatic rings. The lowest BCUT2D eigenvalue weighted by Crippen LogP contribution is -2.46. The molecule has 32 heavy (non-hydrogen) atoms. The summed E-state index contributed by atoms with van der Waals surface area (Å²) in [5, 5.41) is 0.663. The van der Waals surface area contributed by atoms with Crippen molar-refractivity contribution in [2.75, 3.05) is 26.7 Å². The Morgan fingerprint density at radius 3 is 2.50 bits per heavy atom. The summed E-state index contributed by atoms with van der Waals surface area (Å²) in [4.78, 5) is 30.0. The average Bonchev–Trinajstić information content (AvgIpc) is 2.77. The van der Waals surface area contributed by atoms with E-state index < -0.39 is 0 Å². The Hall–Kier alpha value is -2.53. The van der Waals surface area contributed by atoms with Crippen LogP contribution in [0.25, 0.3) is 0 Å². The van der Waals surface area contributed by atoms with E-state index in [2.05, 4.69) is 13.8 Å². The quantitative estimate of drug-likeness (QED) is 0.645. The zero-order valence-corrected chi connectivity index (χ0v) is 20.0. The summed E-state index contributed by atoms with van der Waals surface area (Å²) in [6, 6.07) is 14.8. The summed E-state index contributed by atoms with van der Waals surface area (Å²) in [7, 11) is 1.82. The Bertz CT molecular complexity index is 914. The van der Waals surface area contributed by atoms with Crippen LogP contribution in [-0.2, 0) is 11.2 Å². The van der Waals surface area contributed by atoms with Crippen LogP contribution >= 0.6 is 11.6 Å². The lowest BCUT2D eigenvalue weighted by molar-refractivity contribution is -0.134. The molecule has 0 N–H and O–H groups in total. The molecule has 1 atom stereocenters. The van der Waals surface area contributed by atoms with E-state index in [-0.39, 0.29) is 17.9 Å². The van der Waals surface area contributed by atoms with E-state index in [1.54, 1.807) is 11.0 Å². The van der Waals surface area contributed by atoms with Crippen molar-refractivity contribution in [3.05, 3.63) is 64.7 Å². The van der Waals surface area contributed by atoms with Gasteiger partial charge in [0.05, 0.1) is 18.0 Å². The minimum Gasteiger partial charge on any atom is -0.491 e. The molecule has 2 aromatic carbocycles. The zero-order valence-electron chi connectivity index (χ0n) is 19.2. The molecule has 0 spiro atoms. The summed E-state index contributed by atoms with van der Waals surface area (Å²) in [6.07, 6.45) is 2.84. The average molecular weight is 457 g/mol. The Labute approximate surface area is 196 Å². The fourth-order valence-corrected chi connectivity index (χ4v) is 4.24. The zero-order chi connectivity index (χ0) is 23.1. The summed E-state index contributed by atoms with van der Waals surface area (Å²) in [5.74, 6) is 1.04. The van der Waals surface area contributed by atoms with Gasteiger partial charge in [-0.3, -0.25) is 9.59 Å². The van der Waals surface area contributed by atoms with Crippen molar-refractivity contribution in [3.8, 4) is 5.75 Å². The first-order valence-electron chi connectivity index (χ1n) is 11.4. The number of hydrogen-bond acceptors (Lipinski definition) is 3. The second-order valence-electron chi connectivity index (χ2n) is 8.91. The monoisotopic (exact) mass is 456 g/mol. The molecule has 1 aliphatic rings. The van der Waals surface area contributed by atoms with E-state index in [0.29, 0.717) is 48.4 Å². The highest BCUT2D eigenvalue weighted by Gasteiger charge is 2.27. The Balaban J connectivity index is 1.86. The van der Waals surface area contributed by atoms with Gasteiger partial charge in [-0.05, 0) is 55.0 Å². The van der Waals surface area contributed by atoms with Crippen molar-refractivity contribution in [2.24, 2.45) is 5.92 Å². The fourth-order valence-electron chi connectivity index (χ4n) is 4.11. The second-order valence-corrected chi connectivity index (χ2v) is 9.35. The van der Waals surface area contributed by atoms with Gasteiger partial charge in [0.25, 0.3) is 5.91 Å². The summed E-state index contributed by atoms with van der Waals surface area (Å²) >= 11 is 6.00. The predicted molar refractivity (Wildman–Crippen MR) is 128 cm³/mol. The Kier molecular flexibility index (Phi) is 8.57. The minimum atomic E-state index is -0.0601. The van der Waals surface area contributed by atoms with Crippen molar-refractivity contribution < 1.29 is 14.3 Å². The molecule has 0 saturated heterocycles. The van der Waals surface area contributed by atoms with Gasteiger partial charge in [-0.1, -0.05) is 49.7 Å². The first kappa shape index (κ1) is 24.1. The highest BCUT2D eigenvalue weighted by molar-refractivity contribution is 6.30. The van der Waals surface area contributed by atoms with E-state index in [1.165, 1.54) is 0 Å². The van der Waals surface area contributed by atoms with Gasteiger partial charge >= 0.3 is 0 Å². The van der Waals surface area contributed by atoms with Gasteiger partial charge in [0.15, 0.2) is 0 Å². The van der Waals surface area contributed by atoms with Crippen molar-refractivity contribution in [1.82, 2.24) is 9.80 Å². The number of amides is 2. The molecule has 5 nitrogen and oxygen atoms in total. The number of rotatable bonds is 4. The molecular weight excluding hydrogens is 424 g/mol. The fraction of sp³-hybridized carbons (Fsp3) is 0.462. The molecule has 0 aromatic heterocycles. The molecule has 0 unspecified atom stereocenters. The maximum Gasteiger partial charge on any atom is 0.257 e. The van der Waals surface area contributed by atoms with Crippen molar-refractivity contribution in [2.45, 2.75) is 45.6 Å². The lowest BCUT2D eigenvalue weighted by atomic mass is 10.0. The third-order valence-corrected chi connectivity index (χ3v) is 6.06. The van der Waals surface area contributed by atoms with Gasteiger partial charge in [-0.2, -0.15) is 0 Å². The molecule has 3 rings (SSSR count). The maximum absolute atomic E-state index is 13.4. The first-order valence-corrected chi connectivity index (χ1v) is 11.7. The maximum atomic E-state index is 13.4. The van der Waals surface area contributed by atoms with E-state index in [9.17, 15) is 9.59 Å². The van der Waals surface area contributed by atoms with Crippen LogP contribution in [-0.4, -0.2) is 54.4 Å². The van der Waals surface area contributed by atoms with Crippen LogP contribution in [0.15, 0.2) is 48.5 Å². The molecule has 0 radical (unpaired) electrons. The number of fused-ring (bicyclic) bond motifs is 1. The smallest absolute Gasteiger partial charge is 0.257 e. The summed E-state index contributed by atoms with van der Waals surface area (Å²) in [5.41, 5.74) is 1.52. The topological polar surface area (TPSA) is 49.9 Å². The highest BCUT2D eigenvalue weighted by Crippen LogP contribution is 2.23. The van der Waals surface area contributed by atoms with E-state index >= 15 is 0 Å². The van der Waals surface area contributed by atoms with Crippen molar-refractivity contribution >= 4 is 23.4 Å². The predicted octanol–water partition coefficient (Wildman–Crippen LogP) is 5.07. The van der Waals surface area contributed by atoms with Gasteiger partial charge in [-0.15, -0.1) is 0 Å². The molecule has 2 amide bonds. The van der Waals surface area contributed by atoms with Gasteiger partial charge in [0.1, 0.15) is 12.4 Å². The number of carbonyl (C=O) groups is 2. The third kappa shape index (κ3) is 6.49. The van der Waals surface area contributed by atoms with E-state index in [1.807, 2.05) is 54.4 Å². The van der Waals surface area contributed by atoms with E-state index in [0.717, 1.165) is 24.8 Å². The number of halogens is 1. The van der Waals surface area contributed by atoms with Gasteiger partial charge in [0, 0.05) is 25.2 Å². The van der Waals surface area contributed by atoms with Crippen molar-refractivity contribution in [3.63, 3.8) is 0 Å². The molecule has 1 heterocycles. The van der Waals surface area contributed by atoms with Crippen molar-refractivity contribution in [1.29, 1.82) is 0 Å². The molecule has 6 heteroatoms. The summed E-state index contributed by atoms with van der Waals surface area (Å²) in [6.45, 7) is 5.96. The largest absolute Gasteiger partial charge is 0.491 e. The van der Waals surface area contributed by atoms with Crippen LogP contribution in [0.2, 0.25) is 5.02 Å². The number of para-hydroxylation sites is 1. The second kappa shape index (κ2) is 11.4. The number of benzene rings is 2. The minimum absolute atomic E-state index is 0.0303. The normalized spacial score (nSPS) is 17.9. The van der Waals surface area contributed by atoms with Gasteiger partial charge in [-0.25, -0.2) is 0 Å². The number of carbonyl (C=O) groups excluding carboxylic acids is 2. The van der Waals surface area contributed by atoms with Crippen LogP contribution in [0.5, 0.6) is 5.75 Å². The third-order valence-electron chi connectivity index (χ3n) is 5.81. The molecular formula is C26H33ClN2O3. The molecule has 0 saturated carbocycles. The SMILES string of the molecule is CC(C)C[C@H]1COc2ccccc2C(=O)N(C)CCCCN1C(=O)Cc1ccc(Cl)cc1. The van der Waals surface area contributed by atoms with Crippen LogP contribution < -0.4 is 4.74 Å². The standard InChI is InChI=1S/C26H33ClN2O3/c1-19(2)16-22-18-32-24-9-5-4-8-23(24)26(31)28(3)14-6-7-15-29(22)25(30)17-20-10-12-21(27)13-11-20/h4-5,8-13,19,22H,6-7,14-18H2,1-3H3/t22-/m0/s1. The first-order chi connectivity index (χ1) is 15.3. The lowest BCUT2D eigenvalue weighted by Gasteiger charge is -2.34. The molecule has 1 aliphatic heterocycles. The van der Waals surface area contributed by atoms with E-state index in [4.69, 9.17) is 16.3 Å². The number of ether oxygens (including phenoxy) is 1. The number of nitrogens with zero attached hydrogens (tertiary/aromatic N) is 2. The van der Waals surface area contributed by atoms with Crippen LogP contribution in [0.1, 0.15) is 49.0 Å². The van der Waals surface area contributed by atoms with Crippen LogP contribution in [0.4, 0.5) is 0 Å². The molecule has 0 bridgehead atoms. The molecule has 172 valence electrons. The highest BCUT2D eigenvalue weighted by atomic mass is 35.5. The summed E-state index contributed by atoms with van der Waals surface area (Å²) < 4.78 is 6.18. The van der Waals surface area contributed by atoms with Gasteiger partial charge < -0.3 is 14.5 Å². The van der Waals surface area contributed by atoms with Gasteiger partial charge in [0.2, 0.25) is 5.91 Å².